The standard InChI is InChI=1S/C16H19BrO3/c17-14-3-1-12(2-4-14)9-15(18)13-5-7-20-16(10-13)6-8-19-11-16/h1-4,13H,5-11H2. The molecule has 108 valence electrons. The second kappa shape index (κ2) is 5.96. The number of benzene rings is 1. The summed E-state index contributed by atoms with van der Waals surface area (Å²) in [6, 6.07) is 7.99. The molecule has 0 amide bonds. The Kier molecular flexibility index (Phi) is 4.24. The summed E-state index contributed by atoms with van der Waals surface area (Å²) in [4.78, 5) is 12.5. The number of hydrogen-bond acceptors (Lipinski definition) is 3. The molecular formula is C16H19BrO3. The highest BCUT2D eigenvalue weighted by Gasteiger charge is 2.42. The van der Waals surface area contributed by atoms with E-state index in [1.165, 1.54) is 0 Å². The van der Waals surface area contributed by atoms with Crippen molar-refractivity contribution in [2.24, 2.45) is 5.92 Å². The van der Waals surface area contributed by atoms with Crippen molar-refractivity contribution >= 4 is 21.7 Å². The van der Waals surface area contributed by atoms with Crippen LogP contribution >= 0.6 is 15.9 Å². The van der Waals surface area contributed by atoms with Crippen LogP contribution in [0.1, 0.15) is 24.8 Å². The Labute approximate surface area is 127 Å². The van der Waals surface area contributed by atoms with Gasteiger partial charge >= 0.3 is 0 Å². The van der Waals surface area contributed by atoms with Gasteiger partial charge in [-0.2, -0.15) is 0 Å². The Bertz CT molecular complexity index is 477. The van der Waals surface area contributed by atoms with E-state index in [1.54, 1.807) is 0 Å². The number of ether oxygens (including phenoxy) is 2. The van der Waals surface area contributed by atoms with Crippen LogP contribution in [0.2, 0.25) is 0 Å². The molecule has 2 aliphatic rings. The largest absolute Gasteiger partial charge is 0.378 e. The highest BCUT2D eigenvalue weighted by molar-refractivity contribution is 9.10. The van der Waals surface area contributed by atoms with Gasteiger partial charge in [0.15, 0.2) is 0 Å². The lowest BCUT2D eigenvalue weighted by Gasteiger charge is -2.36. The van der Waals surface area contributed by atoms with Gasteiger partial charge in [0.2, 0.25) is 0 Å². The van der Waals surface area contributed by atoms with Crippen LogP contribution in [0.4, 0.5) is 0 Å². The molecule has 20 heavy (non-hydrogen) atoms. The number of carbonyl (C=O) groups is 1. The lowest BCUT2D eigenvalue weighted by atomic mass is 9.81. The van der Waals surface area contributed by atoms with E-state index in [1.807, 2.05) is 24.3 Å². The number of carbonyl (C=O) groups excluding carboxylic acids is 1. The third-order valence-electron chi connectivity index (χ3n) is 4.31. The predicted molar refractivity (Wildman–Crippen MR) is 79.7 cm³/mol. The quantitative estimate of drug-likeness (QED) is 0.849. The predicted octanol–water partition coefficient (Wildman–Crippen LogP) is 3.15. The summed E-state index contributed by atoms with van der Waals surface area (Å²) in [6.45, 7) is 2.09. The van der Waals surface area contributed by atoms with Crippen molar-refractivity contribution in [3.8, 4) is 0 Å². The minimum Gasteiger partial charge on any atom is -0.378 e. The van der Waals surface area contributed by atoms with E-state index >= 15 is 0 Å². The summed E-state index contributed by atoms with van der Waals surface area (Å²) in [7, 11) is 0. The molecule has 1 aromatic carbocycles. The van der Waals surface area contributed by atoms with Gasteiger partial charge in [-0.15, -0.1) is 0 Å². The summed E-state index contributed by atoms with van der Waals surface area (Å²) < 4.78 is 12.4. The van der Waals surface area contributed by atoms with Crippen LogP contribution in [0, 0.1) is 5.92 Å². The van der Waals surface area contributed by atoms with E-state index in [2.05, 4.69) is 15.9 Å². The SMILES string of the molecule is O=C(Cc1ccc(Br)cc1)C1CCOC2(CCOC2)C1. The fourth-order valence-corrected chi connectivity index (χ4v) is 3.38. The first kappa shape index (κ1) is 14.2. The van der Waals surface area contributed by atoms with Crippen molar-refractivity contribution in [2.75, 3.05) is 19.8 Å². The summed E-state index contributed by atoms with van der Waals surface area (Å²) >= 11 is 3.41. The maximum atomic E-state index is 12.5. The number of ketones is 1. The second-order valence-corrected chi connectivity index (χ2v) is 6.71. The lowest BCUT2D eigenvalue weighted by molar-refractivity contribution is -0.136. The van der Waals surface area contributed by atoms with Crippen molar-refractivity contribution in [3.05, 3.63) is 34.3 Å². The minimum atomic E-state index is -0.182. The Hall–Kier alpha value is -0.710. The zero-order chi connectivity index (χ0) is 14.0. The van der Waals surface area contributed by atoms with E-state index in [9.17, 15) is 4.79 Å². The van der Waals surface area contributed by atoms with Gasteiger partial charge in [0.25, 0.3) is 0 Å². The van der Waals surface area contributed by atoms with Crippen LogP contribution < -0.4 is 0 Å². The number of halogens is 1. The highest BCUT2D eigenvalue weighted by atomic mass is 79.9. The van der Waals surface area contributed by atoms with E-state index in [0.717, 1.165) is 35.9 Å². The summed E-state index contributed by atoms with van der Waals surface area (Å²) in [5.74, 6) is 0.455. The first-order valence-corrected chi connectivity index (χ1v) is 7.95. The average molecular weight is 339 g/mol. The van der Waals surface area contributed by atoms with Crippen LogP contribution in [0.25, 0.3) is 0 Å². The number of rotatable bonds is 3. The fourth-order valence-electron chi connectivity index (χ4n) is 3.11. The minimum absolute atomic E-state index is 0.120. The third-order valence-corrected chi connectivity index (χ3v) is 4.84. The molecule has 0 N–H and O–H groups in total. The summed E-state index contributed by atoms with van der Waals surface area (Å²) in [5, 5.41) is 0. The maximum absolute atomic E-state index is 12.5. The molecule has 0 radical (unpaired) electrons. The molecule has 2 aliphatic heterocycles. The molecule has 0 saturated carbocycles. The molecule has 1 spiro atoms. The van der Waals surface area contributed by atoms with Crippen LogP contribution in [-0.2, 0) is 20.7 Å². The maximum Gasteiger partial charge on any atom is 0.140 e. The van der Waals surface area contributed by atoms with E-state index in [-0.39, 0.29) is 11.5 Å². The molecular weight excluding hydrogens is 320 g/mol. The molecule has 2 fully saturated rings. The van der Waals surface area contributed by atoms with Crippen molar-refractivity contribution in [1.29, 1.82) is 0 Å². The number of Topliss-reactive ketones (excluding diaryl/α,β-unsaturated/α-hetero) is 1. The molecule has 2 saturated heterocycles. The first-order chi connectivity index (χ1) is 9.67. The zero-order valence-corrected chi connectivity index (χ0v) is 13.0. The van der Waals surface area contributed by atoms with Gasteiger partial charge in [-0.25, -0.2) is 0 Å². The smallest absolute Gasteiger partial charge is 0.140 e. The van der Waals surface area contributed by atoms with Crippen molar-refractivity contribution < 1.29 is 14.3 Å². The Morgan fingerprint density at radius 2 is 2.10 bits per heavy atom. The van der Waals surface area contributed by atoms with Gasteiger partial charge in [-0.3, -0.25) is 4.79 Å². The molecule has 3 rings (SSSR count). The van der Waals surface area contributed by atoms with E-state index in [4.69, 9.17) is 9.47 Å². The van der Waals surface area contributed by atoms with Gasteiger partial charge in [0.1, 0.15) is 5.78 Å². The van der Waals surface area contributed by atoms with E-state index < -0.39 is 0 Å². The molecule has 1 aromatic rings. The van der Waals surface area contributed by atoms with Gasteiger partial charge in [-0.05, 0) is 30.5 Å². The molecule has 0 aromatic heterocycles. The van der Waals surface area contributed by atoms with Crippen molar-refractivity contribution in [2.45, 2.75) is 31.3 Å². The average Bonchev–Trinajstić information content (AvgIpc) is 2.89. The van der Waals surface area contributed by atoms with Gasteiger partial charge in [-0.1, -0.05) is 28.1 Å². The Morgan fingerprint density at radius 1 is 1.30 bits per heavy atom. The van der Waals surface area contributed by atoms with Gasteiger partial charge in [0, 0.05) is 36.4 Å². The molecule has 0 aliphatic carbocycles. The molecule has 4 heteroatoms. The monoisotopic (exact) mass is 338 g/mol. The lowest BCUT2D eigenvalue weighted by Crippen LogP contribution is -2.42. The first-order valence-electron chi connectivity index (χ1n) is 7.16. The molecule has 0 bridgehead atoms. The third kappa shape index (κ3) is 3.13. The molecule has 3 nitrogen and oxygen atoms in total. The Balaban J connectivity index is 1.63. The molecule has 2 unspecified atom stereocenters. The van der Waals surface area contributed by atoms with Crippen LogP contribution in [0.5, 0.6) is 0 Å². The summed E-state index contributed by atoms with van der Waals surface area (Å²) in [6.07, 6.45) is 3.11. The van der Waals surface area contributed by atoms with E-state index in [0.29, 0.717) is 25.4 Å². The molecule has 2 heterocycles. The van der Waals surface area contributed by atoms with Gasteiger partial charge < -0.3 is 9.47 Å². The van der Waals surface area contributed by atoms with Crippen molar-refractivity contribution in [1.82, 2.24) is 0 Å². The van der Waals surface area contributed by atoms with Crippen LogP contribution in [0.3, 0.4) is 0 Å². The molecule has 2 atom stereocenters. The highest BCUT2D eigenvalue weighted by Crippen LogP contribution is 2.36. The number of hydrogen-bond donors (Lipinski definition) is 0. The Morgan fingerprint density at radius 3 is 2.80 bits per heavy atom. The summed E-state index contributed by atoms with van der Waals surface area (Å²) in [5.41, 5.74) is 0.902. The van der Waals surface area contributed by atoms with Crippen LogP contribution in [0.15, 0.2) is 28.7 Å². The normalized spacial score (nSPS) is 29.8. The van der Waals surface area contributed by atoms with Crippen molar-refractivity contribution in [3.63, 3.8) is 0 Å². The topological polar surface area (TPSA) is 35.5 Å². The second-order valence-electron chi connectivity index (χ2n) is 5.79. The fraction of sp³-hybridized carbons (Fsp3) is 0.562. The van der Waals surface area contributed by atoms with Gasteiger partial charge in [0.05, 0.1) is 12.2 Å². The zero-order valence-electron chi connectivity index (χ0n) is 11.4. The van der Waals surface area contributed by atoms with Crippen LogP contribution in [-0.4, -0.2) is 31.2 Å².